The van der Waals surface area contributed by atoms with E-state index in [1.807, 2.05) is 11.8 Å². The Labute approximate surface area is 196 Å². The summed E-state index contributed by atoms with van der Waals surface area (Å²) in [6.07, 6.45) is 3.11. The number of likely N-dealkylation sites (tertiary alicyclic amines) is 1. The van der Waals surface area contributed by atoms with E-state index < -0.39 is 5.97 Å². The maximum Gasteiger partial charge on any atom is 0.348 e. The van der Waals surface area contributed by atoms with Crippen molar-refractivity contribution in [1.82, 2.24) is 14.7 Å². The third kappa shape index (κ3) is 4.05. The van der Waals surface area contributed by atoms with Crippen LogP contribution in [-0.4, -0.2) is 45.8 Å². The Balaban J connectivity index is 1.30. The average molecular weight is 470 g/mol. The first kappa shape index (κ1) is 22.1. The zero-order valence-electron chi connectivity index (χ0n) is 19.4. The van der Waals surface area contributed by atoms with Crippen molar-refractivity contribution < 1.29 is 18.7 Å². The monoisotopic (exact) mass is 469 g/mol. The molecule has 2 atom stereocenters. The summed E-state index contributed by atoms with van der Waals surface area (Å²) in [7, 11) is 0. The molecule has 0 N–H and O–H groups in total. The Bertz CT molecular complexity index is 1250. The highest BCUT2D eigenvalue weighted by molar-refractivity contribution is 7.20. The van der Waals surface area contributed by atoms with Crippen LogP contribution in [0.2, 0.25) is 0 Å². The van der Waals surface area contributed by atoms with Crippen molar-refractivity contribution in [3.05, 3.63) is 46.7 Å². The van der Waals surface area contributed by atoms with E-state index in [9.17, 15) is 14.0 Å². The van der Waals surface area contributed by atoms with Crippen LogP contribution in [-0.2, 0) is 9.53 Å². The molecule has 3 aromatic rings. The van der Waals surface area contributed by atoms with Crippen molar-refractivity contribution >= 4 is 33.4 Å². The number of carbonyl (C=O) groups excluding carboxylic acids is 2. The van der Waals surface area contributed by atoms with Crippen LogP contribution in [0.25, 0.3) is 15.9 Å². The molecule has 8 heteroatoms. The van der Waals surface area contributed by atoms with Crippen molar-refractivity contribution in [1.29, 1.82) is 0 Å². The van der Waals surface area contributed by atoms with Gasteiger partial charge >= 0.3 is 5.97 Å². The van der Waals surface area contributed by atoms with Gasteiger partial charge in [-0.2, -0.15) is 5.10 Å². The molecule has 2 unspecified atom stereocenters. The molecule has 1 aromatic carbocycles. The number of hydrogen-bond donors (Lipinski definition) is 0. The number of thiophene rings is 1. The number of rotatable bonds is 4. The number of nitrogens with zero attached hydrogens (tertiary/aromatic N) is 3. The van der Waals surface area contributed by atoms with Crippen molar-refractivity contribution in [3.63, 3.8) is 0 Å². The molecule has 1 aliphatic heterocycles. The molecule has 2 aliphatic rings. The predicted octanol–water partition coefficient (Wildman–Crippen LogP) is 5.12. The number of carbonyl (C=O) groups is 2. The molecule has 5 rings (SSSR count). The maximum absolute atomic E-state index is 13.3. The Morgan fingerprint density at radius 3 is 2.67 bits per heavy atom. The lowest BCUT2D eigenvalue weighted by Gasteiger charge is -2.39. The fraction of sp³-hybridized carbons (Fsp3) is 0.480. The summed E-state index contributed by atoms with van der Waals surface area (Å²) >= 11 is 1.26. The van der Waals surface area contributed by atoms with Crippen LogP contribution in [0, 0.1) is 23.6 Å². The quantitative estimate of drug-likeness (QED) is 0.498. The lowest BCUT2D eigenvalue weighted by atomic mass is 9.65. The Morgan fingerprint density at radius 1 is 1.21 bits per heavy atom. The number of aryl methyl sites for hydroxylation is 1. The van der Waals surface area contributed by atoms with E-state index >= 15 is 0 Å². The standard InChI is InChI=1S/C25H28FN3O3S/c1-15-19-9-20(33-22(19)29(27-15)17-7-5-16(26)6-8-17)23(31)32-12-21(30)28-14-25(4)11-18(28)10-24(2,3)13-25/h5-9,18H,10-14H2,1-4H3. The van der Waals surface area contributed by atoms with Crippen LogP contribution < -0.4 is 0 Å². The highest BCUT2D eigenvalue weighted by atomic mass is 32.1. The lowest BCUT2D eigenvalue weighted by Crippen LogP contribution is -2.39. The molecule has 33 heavy (non-hydrogen) atoms. The number of amides is 1. The Kier molecular flexibility index (Phi) is 5.12. The van der Waals surface area contributed by atoms with Crippen molar-refractivity contribution in [3.8, 4) is 5.69 Å². The minimum absolute atomic E-state index is 0.121. The van der Waals surface area contributed by atoms with Crippen molar-refractivity contribution in [2.75, 3.05) is 13.2 Å². The molecule has 1 aliphatic carbocycles. The predicted molar refractivity (Wildman–Crippen MR) is 125 cm³/mol. The largest absolute Gasteiger partial charge is 0.451 e. The number of fused-ring (bicyclic) bond motifs is 3. The molecule has 0 spiro atoms. The number of benzene rings is 1. The van der Waals surface area contributed by atoms with Crippen LogP contribution in [0.15, 0.2) is 30.3 Å². The second-order valence-electron chi connectivity index (χ2n) is 10.6. The summed E-state index contributed by atoms with van der Waals surface area (Å²) in [5, 5.41) is 5.36. The fourth-order valence-electron chi connectivity index (χ4n) is 5.94. The Morgan fingerprint density at radius 2 is 1.94 bits per heavy atom. The van der Waals surface area contributed by atoms with Gasteiger partial charge in [0, 0.05) is 18.0 Å². The highest BCUT2D eigenvalue weighted by Crippen LogP contribution is 2.52. The van der Waals surface area contributed by atoms with Gasteiger partial charge in [-0.15, -0.1) is 11.3 Å². The minimum Gasteiger partial charge on any atom is -0.451 e. The molecule has 2 aromatic heterocycles. The molecule has 2 bridgehead atoms. The maximum atomic E-state index is 13.3. The SMILES string of the molecule is Cc1nn(-c2ccc(F)cc2)c2sc(C(=O)OCC(=O)N3CC4(C)CC3CC(C)(C)C4)cc12. The molecule has 3 heterocycles. The van der Waals surface area contributed by atoms with Gasteiger partial charge < -0.3 is 9.64 Å². The summed E-state index contributed by atoms with van der Waals surface area (Å²) in [6, 6.07) is 8.01. The van der Waals surface area contributed by atoms with Gasteiger partial charge in [-0.25, -0.2) is 13.9 Å². The first-order valence-electron chi connectivity index (χ1n) is 11.3. The molecule has 6 nitrogen and oxygen atoms in total. The minimum atomic E-state index is -0.511. The van der Waals surface area contributed by atoms with Gasteiger partial charge in [-0.3, -0.25) is 4.79 Å². The van der Waals surface area contributed by atoms with Crippen molar-refractivity contribution in [2.45, 2.75) is 53.0 Å². The first-order valence-corrected chi connectivity index (χ1v) is 12.1. The van der Waals surface area contributed by atoms with Crippen LogP contribution in [0.3, 0.4) is 0 Å². The molecular weight excluding hydrogens is 441 g/mol. The van der Waals surface area contributed by atoms with E-state index in [0.717, 1.165) is 41.7 Å². The van der Waals surface area contributed by atoms with Crippen LogP contribution >= 0.6 is 11.3 Å². The Hall–Kier alpha value is -2.74. The fourth-order valence-corrected chi connectivity index (χ4v) is 7.01. The molecule has 1 saturated heterocycles. The topological polar surface area (TPSA) is 64.4 Å². The number of esters is 1. The summed E-state index contributed by atoms with van der Waals surface area (Å²) in [5.41, 5.74) is 1.84. The van der Waals surface area contributed by atoms with Gasteiger partial charge in [0.15, 0.2) is 6.61 Å². The molecule has 0 radical (unpaired) electrons. The van der Waals surface area contributed by atoms with E-state index in [1.54, 1.807) is 22.9 Å². The van der Waals surface area contributed by atoms with E-state index in [2.05, 4.69) is 25.9 Å². The normalized spacial score (nSPS) is 23.8. The van der Waals surface area contributed by atoms with Gasteiger partial charge in [-0.05, 0) is 67.3 Å². The highest BCUT2D eigenvalue weighted by Gasteiger charge is 2.50. The smallest absolute Gasteiger partial charge is 0.348 e. The van der Waals surface area contributed by atoms with Crippen LogP contribution in [0.4, 0.5) is 4.39 Å². The molecular formula is C25H28FN3O3S. The summed E-state index contributed by atoms with van der Waals surface area (Å²) in [5.74, 6) is -0.952. The summed E-state index contributed by atoms with van der Waals surface area (Å²) in [4.78, 5) is 28.8. The van der Waals surface area contributed by atoms with Gasteiger partial charge in [0.05, 0.1) is 11.4 Å². The van der Waals surface area contributed by atoms with Crippen LogP contribution in [0.5, 0.6) is 0 Å². The number of ether oxygens (including phenoxy) is 1. The molecule has 1 amide bonds. The average Bonchev–Trinajstić information content (AvgIpc) is 3.37. The third-order valence-corrected chi connectivity index (χ3v) is 7.97. The van der Waals surface area contributed by atoms with Gasteiger partial charge in [0.1, 0.15) is 15.5 Å². The van der Waals surface area contributed by atoms with E-state index in [1.165, 1.54) is 23.5 Å². The zero-order chi connectivity index (χ0) is 23.5. The third-order valence-electron chi connectivity index (χ3n) is 6.88. The lowest BCUT2D eigenvalue weighted by molar-refractivity contribution is -0.135. The second kappa shape index (κ2) is 7.65. The van der Waals surface area contributed by atoms with Gasteiger partial charge in [0.25, 0.3) is 5.91 Å². The first-order chi connectivity index (χ1) is 15.5. The zero-order valence-corrected chi connectivity index (χ0v) is 20.2. The molecule has 174 valence electrons. The molecule has 2 fully saturated rings. The second-order valence-corrected chi connectivity index (χ2v) is 11.6. The molecule has 1 saturated carbocycles. The number of hydrogen-bond acceptors (Lipinski definition) is 5. The number of aromatic nitrogens is 2. The summed E-state index contributed by atoms with van der Waals surface area (Å²) < 4.78 is 20.4. The van der Waals surface area contributed by atoms with E-state index in [-0.39, 0.29) is 35.2 Å². The van der Waals surface area contributed by atoms with Crippen LogP contribution in [0.1, 0.15) is 55.4 Å². The van der Waals surface area contributed by atoms with Gasteiger partial charge in [0.2, 0.25) is 0 Å². The summed E-state index contributed by atoms with van der Waals surface area (Å²) in [6.45, 7) is 9.13. The van der Waals surface area contributed by atoms with Gasteiger partial charge in [-0.1, -0.05) is 20.8 Å². The number of halogens is 1. The van der Waals surface area contributed by atoms with E-state index in [4.69, 9.17) is 4.74 Å². The van der Waals surface area contributed by atoms with E-state index in [0.29, 0.717) is 10.6 Å². The van der Waals surface area contributed by atoms with Crippen molar-refractivity contribution in [2.24, 2.45) is 10.8 Å².